The Morgan fingerprint density at radius 3 is 2.88 bits per heavy atom. The molecule has 1 aliphatic heterocycles. The van der Waals surface area contributed by atoms with Crippen LogP contribution in [-0.2, 0) is 21.1 Å². The van der Waals surface area contributed by atoms with Crippen LogP contribution in [0.1, 0.15) is 18.9 Å². The number of carbonyl (C=O) groups is 1. The van der Waals surface area contributed by atoms with E-state index in [1.807, 2.05) is 5.32 Å². The summed E-state index contributed by atoms with van der Waals surface area (Å²) in [5, 5.41) is 5.26. The van der Waals surface area contributed by atoms with Crippen LogP contribution >= 0.6 is 0 Å². The molecule has 1 fully saturated rings. The van der Waals surface area contributed by atoms with Crippen LogP contribution in [-0.4, -0.2) is 38.7 Å². The van der Waals surface area contributed by atoms with E-state index in [1.54, 1.807) is 25.1 Å². The molecule has 0 bridgehead atoms. The molecule has 0 unspecified atom stereocenters. The van der Waals surface area contributed by atoms with Gasteiger partial charge in [-0.05, 0) is 19.1 Å². The van der Waals surface area contributed by atoms with Gasteiger partial charge in [-0.25, -0.2) is 18.0 Å². The number of amides is 1. The summed E-state index contributed by atoms with van der Waals surface area (Å²) in [5.74, 6) is 0.384. The SMILES string of the molecule is CCOC(=O)Nc1ccc2c(C[NH2+][C@H]3CCS(=O)(=O)C3)cc(=O)oc2c1. The molecule has 3 N–H and O–H groups in total. The topological polar surface area (TPSA) is 119 Å². The number of hydrogen-bond donors (Lipinski definition) is 2. The average molecular weight is 381 g/mol. The van der Waals surface area contributed by atoms with Crippen molar-refractivity contribution >= 4 is 32.6 Å². The molecule has 0 saturated carbocycles. The van der Waals surface area contributed by atoms with Gasteiger partial charge in [0.1, 0.15) is 23.9 Å². The summed E-state index contributed by atoms with van der Waals surface area (Å²) in [4.78, 5) is 23.4. The van der Waals surface area contributed by atoms with E-state index in [4.69, 9.17) is 9.15 Å². The molecule has 140 valence electrons. The largest absolute Gasteiger partial charge is 0.450 e. The molecular formula is C17H21N2O6S+. The molecule has 26 heavy (non-hydrogen) atoms. The van der Waals surface area contributed by atoms with Gasteiger partial charge >= 0.3 is 11.7 Å². The molecule has 9 heteroatoms. The van der Waals surface area contributed by atoms with Gasteiger partial charge in [0.15, 0.2) is 9.84 Å². The molecule has 8 nitrogen and oxygen atoms in total. The smallest absolute Gasteiger partial charge is 0.411 e. The molecule has 0 radical (unpaired) electrons. The number of sulfone groups is 1. The third kappa shape index (κ3) is 4.41. The van der Waals surface area contributed by atoms with E-state index in [0.29, 0.717) is 24.2 Å². The molecule has 1 aromatic heterocycles. The highest BCUT2D eigenvalue weighted by Gasteiger charge is 2.30. The van der Waals surface area contributed by atoms with Gasteiger partial charge < -0.3 is 14.5 Å². The zero-order valence-corrected chi connectivity index (χ0v) is 15.2. The van der Waals surface area contributed by atoms with Crippen LogP contribution in [0.25, 0.3) is 11.0 Å². The monoisotopic (exact) mass is 381 g/mol. The number of carbonyl (C=O) groups excluding carboxylic acids is 1. The van der Waals surface area contributed by atoms with Crippen molar-refractivity contribution < 1.29 is 27.7 Å². The van der Waals surface area contributed by atoms with E-state index in [9.17, 15) is 18.0 Å². The van der Waals surface area contributed by atoms with Crippen LogP contribution in [0.3, 0.4) is 0 Å². The first kappa shape index (κ1) is 18.4. The maximum Gasteiger partial charge on any atom is 0.411 e. The number of nitrogens with two attached hydrogens (primary N) is 1. The predicted molar refractivity (Wildman–Crippen MR) is 95.8 cm³/mol. The second kappa shape index (κ2) is 7.46. The molecule has 0 spiro atoms. The molecule has 2 heterocycles. The summed E-state index contributed by atoms with van der Waals surface area (Å²) in [7, 11) is -2.94. The minimum absolute atomic E-state index is 0.00653. The molecule has 1 amide bonds. The van der Waals surface area contributed by atoms with Crippen molar-refractivity contribution in [2.75, 3.05) is 23.4 Å². The number of quaternary nitrogens is 1. The van der Waals surface area contributed by atoms with Gasteiger partial charge in [0, 0.05) is 35.2 Å². The maximum atomic E-state index is 11.9. The lowest BCUT2D eigenvalue weighted by atomic mass is 10.1. The number of benzene rings is 1. The molecule has 1 aromatic carbocycles. The number of anilines is 1. The summed E-state index contributed by atoms with van der Waals surface area (Å²) in [6.45, 7) is 2.44. The van der Waals surface area contributed by atoms with Crippen LogP contribution in [0, 0.1) is 0 Å². The van der Waals surface area contributed by atoms with Crippen molar-refractivity contribution in [1.82, 2.24) is 0 Å². The van der Waals surface area contributed by atoms with Crippen LogP contribution < -0.4 is 16.3 Å². The lowest BCUT2D eigenvalue weighted by Gasteiger charge is -2.10. The first-order chi connectivity index (χ1) is 12.4. The molecule has 1 saturated heterocycles. The van der Waals surface area contributed by atoms with Gasteiger partial charge in [0.2, 0.25) is 0 Å². The van der Waals surface area contributed by atoms with Gasteiger partial charge in [-0.2, -0.15) is 0 Å². The molecule has 0 aliphatic carbocycles. The first-order valence-electron chi connectivity index (χ1n) is 8.40. The Balaban J connectivity index is 1.80. The summed E-state index contributed by atoms with van der Waals surface area (Å²) >= 11 is 0. The molecule has 2 aromatic rings. The Morgan fingerprint density at radius 1 is 1.38 bits per heavy atom. The maximum absolute atomic E-state index is 11.9. The molecule has 1 aliphatic rings. The third-order valence-corrected chi connectivity index (χ3v) is 6.08. The fourth-order valence-corrected chi connectivity index (χ4v) is 4.85. The average Bonchev–Trinajstić information content (AvgIpc) is 2.91. The summed E-state index contributed by atoms with van der Waals surface area (Å²) < 4.78 is 33.2. The first-order valence-corrected chi connectivity index (χ1v) is 10.2. The van der Waals surface area contributed by atoms with Gasteiger partial charge in [0.25, 0.3) is 0 Å². The van der Waals surface area contributed by atoms with Gasteiger partial charge in [-0.3, -0.25) is 5.32 Å². The number of fused-ring (bicyclic) bond motifs is 1. The van der Waals surface area contributed by atoms with Crippen LogP contribution in [0.5, 0.6) is 0 Å². The lowest BCUT2D eigenvalue weighted by Crippen LogP contribution is -2.89. The highest BCUT2D eigenvalue weighted by molar-refractivity contribution is 7.91. The summed E-state index contributed by atoms with van der Waals surface area (Å²) in [6, 6.07) is 6.45. The Bertz CT molecular complexity index is 982. The van der Waals surface area contributed by atoms with E-state index in [2.05, 4.69) is 5.32 Å². The Morgan fingerprint density at radius 2 is 2.19 bits per heavy atom. The second-order valence-corrected chi connectivity index (χ2v) is 8.48. The number of hydrogen-bond acceptors (Lipinski definition) is 6. The van der Waals surface area contributed by atoms with Gasteiger partial charge in [-0.15, -0.1) is 0 Å². The van der Waals surface area contributed by atoms with Crippen LogP contribution in [0.2, 0.25) is 0 Å². The van der Waals surface area contributed by atoms with Crippen molar-refractivity contribution in [2.45, 2.75) is 25.9 Å². The Hall–Kier alpha value is -2.39. The number of nitrogens with one attached hydrogen (secondary N) is 1. The van der Waals surface area contributed by atoms with E-state index < -0.39 is 21.6 Å². The van der Waals surface area contributed by atoms with E-state index >= 15 is 0 Å². The van der Waals surface area contributed by atoms with Gasteiger partial charge in [-0.1, -0.05) is 0 Å². The summed E-state index contributed by atoms with van der Waals surface area (Å²) in [5.41, 5.74) is 1.09. The normalized spacial score (nSPS) is 18.7. The van der Waals surface area contributed by atoms with Crippen molar-refractivity contribution in [3.05, 3.63) is 40.2 Å². The van der Waals surface area contributed by atoms with E-state index in [-0.39, 0.29) is 24.2 Å². The standard InChI is InChI=1S/C17H20N2O6S/c1-2-24-17(21)19-12-3-4-14-11(7-16(20)25-15(14)8-12)9-18-13-5-6-26(22,23)10-13/h3-4,7-8,13,18H,2,5-6,9-10H2,1H3,(H,19,21)/p+1/t13-/m0/s1. The third-order valence-electron chi connectivity index (χ3n) is 4.29. The lowest BCUT2D eigenvalue weighted by molar-refractivity contribution is -0.699. The highest BCUT2D eigenvalue weighted by Crippen LogP contribution is 2.21. The van der Waals surface area contributed by atoms with Gasteiger partial charge in [0.05, 0.1) is 12.4 Å². The predicted octanol–water partition coefficient (Wildman–Crippen LogP) is 0.612. The zero-order chi connectivity index (χ0) is 18.7. The second-order valence-electron chi connectivity index (χ2n) is 6.25. The Kier molecular flexibility index (Phi) is 5.28. The van der Waals surface area contributed by atoms with Crippen molar-refractivity contribution in [2.24, 2.45) is 0 Å². The highest BCUT2D eigenvalue weighted by atomic mass is 32.2. The molecule has 1 atom stereocenters. The van der Waals surface area contributed by atoms with Crippen molar-refractivity contribution in [3.8, 4) is 0 Å². The minimum Gasteiger partial charge on any atom is -0.450 e. The molecule has 3 rings (SSSR count). The fourth-order valence-electron chi connectivity index (χ4n) is 3.06. The number of rotatable bonds is 5. The Labute approximate surface area is 150 Å². The van der Waals surface area contributed by atoms with E-state index in [0.717, 1.165) is 10.9 Å². The van der Waals surface area contributed by atoms with Crippen molar-refractivity contribution in [1.29, 1.82) is 0 Å². The van der Waals surface area contributed by atoms with Crippen molar-refractivity contribution in [3.63, 3.8) is 0 Å². The quantitative estimate of drug-likeness (QED) is 0.733. The zero-order valence-electron chi connectivity index (χ0n) is 14.4. The van der Waals surface area contributed by atoms with Crippen LogP contribution in [0.4, 0.5) is 10.5 Å². The fraction of sp³-hybridized carbons (Fsp3) is 0.412. The minimum atomic E-state index is -2.94. The van der Waals surface area contributed by atoms with E-state index in [1.165, 1.54) is 6.07 Å². The number of ether oxygens (including phenoxy) is 1. The molecular weight excluding hydrogens is 360 g/mol. The summed E-state index contributed by atoms with van der Waals surface area (Å²) in [6.07, 6.45) is 0.0381. The van der Waals surface area contributed by atoms with Crippen LogP contribution in [0.15, 0.2) is 33.5 Å².